The Morgan fingerprint density at radius 2 is 2.23 bits per heavy atom. The number of ether oxygens (including phenoxy) is 1. The third-order valence-corrected chi connectivity index (χ3v) is 4.89. The standard InChI is InChI=1S/C20H31N7O3.HI/c1-2-29-20(28)26-13-7-17(8-14-26)24-19(22-10-6-18-5-3-16-30-18)21-9-4-12-27-15-11-23-25-27;/h3,5,11,15-17H,2,4,6-10,12-14H2,1H3,(H2,21,22,24);1H. The van der Waals surface area contributed by atoms with Gasteiger partial charge in [-0.15, -0.1) is 29.1 Å². The third kappa shape index (κ3) is 8.75. The molecule has 0 unspecified atom stereocenters. The molecule has 2 aromatic rings. The van der Waals surface area contributed by atoms with E-state index in [9.17, 15) is 4.79 Å². The van der Waals surface area contributed by atoms with E-state index in [0.29, 0.717) is 26.2 Å². The van der Waals surface area contributed by atoms with Crippen molar-refractivity contribution in [3.63, 3.8) is 0 Å². The van der Waals surface area contributed by atoms with Crippen molar-refractivity contribution < 1.29 is 13.9 Å². The molecule has 0 saturated carbocycles. The Hall–Kier alpha value is -2.31. The number of furan rings is 1. The maximum Gasteiger partial charge on any atom is 0.409 e. The van der Waals surface area contributed by atoms with Crippen LogP contribution in [0.15, 0.2) is 40.2 Å². The predicted octanol–water partition coefficient (Wildman–Crippen LogP) is 2.28. The van der Waals surface area contributed by atoms with E-state index in [4.69, 9.17) is 14.1 Å². The molecule has 2 N–H and O–H groups in total. The lowest BCUT2D eigenvalue weighted by atomic mass is 10.1. The molecule has 1 aliphatic rings. The molecule has 3 heterocycles. The fourth-order valence-corrected chi connectivity index (χ4v) is 3.30. The number of hydrogen-bond acceptors (Lipinski definition) is 6. The Bertz CT molecular complexity index is 760. The molecule has 3 rings (SSSR count). The molecule has 31 heavy (non-hydrogen) atoms. The molecule has 1 fully saturated rings. The molecule has 1 aliphatic heterocycles. The number of aryl methyl sites for hydroxylation is 1. The van der Waals surface area contributed by atoms with Crippen molar-refractivity contribution in [2.24, 2.45) is 4.99 Å². The topological polar surface area (TPSA) is 110 Å². The van der Waals surface area contributed by atoms with Crippen LogP contribution in [0.2, 0.25) is 0 Å². The molecule has 1 saturated heterocycles. The van der Waals surface area contributed by atoms with Gasteiger partial charge in [0.1, 0.15) is 5.76 Å². The first-order valence-corrected chi connectivity index (χ1v) is 10.6. The molecule has 0 aromatic carbocycles. The van der Waals surface area contributed by atoms with Gasteiger partial charge in [0.15, 0.2) is 5.96 Å². The summed E-state index contributed by atoms with van der Waals surface area (Å²) in [7, 11) is 0. The highest BCUT2D eigenvalue weighted by molar-refractivity contribution is 14.0. The number of guanidine groups is 1. The van der Waals surface area contributed by atoms with E-state index in [-0.39, 0.29) is 36.1 Å². The second kappa shape index (κ2) is 13.9. The van der Waals surface area contributed by atoms with Gasteiger partial charge in [-0.05, 0) is 38.3 Å². The number of amides is 1. The van der Waals surface area contributed by atoms with E-state index in [0.717, 1.165) is 50.5 Å². The van der Waals surface area contributed by atoms with Gasteiger partial charge in [-0.3, -0.25) is 9.67 Å². The number of aliphatic imine (C=N–C) groups is 1. The molecular weight excluding hydrogens is 513 g/mol. The predicted molar refractivity (Wildman–Crippen MR) is 128 cm³/mol. The SMILES string of the molecule is CCOC(=O)N1CCC(NC(=NCCCn2ccnn2)NCCc2ccco2)CC1.I. The Morgan fingerprint density at radius 3 is 2.90 bits per heavy atom. The average Bonchev–Trinajstić information content (AvgIpc) is 3.46. The van der Waals surface area contributed by atoms with Crippen molar-refractivity contribution in [3.05, 3.63) is 36.5 Å². The molecule has 1 amide bonds. The number of halogens is 1. The summed E-state index contributed by atoms with van der Waals surface area (Å²) >= 11 is 0. The normalized spacial score (nSPS) is 14.7. The maximum atomic E-state index is 11.9. The fourth-order valence-electron chi connectivity index (χ4n) is 3.30. The lowest BCUT2D eigenvalue weighted by molar-refractivity contribution is 0.0963. The molecule has 10 nitrogen and oxygen atoms in total. The van der Waals surface area contributed by atoms with Crippen molar-refractivity contribution in [2.75, 3.05) is 32.8 Å². The quantitative estimate of drug-likeness (QED) is 0.215. The van der Waals surface area contributed by atoms with Crippen LogP contribution in [-0.2, 0) is 17.7 Å². The third-order valence-electron chi connectivity index (χ3n) is 4.89. The summed E-state index contributed by atoms with van der Waals surface area (Å²) in [6.07, 6.45) is 8.35. The average molecular weight is 545 g/mol. The fraction of sp³-hybridized carbons (Fsp3) is 0.600. The van der Waals surface area contributed by atoms with Gasteiger partial charge in [0.25, 0.3) is 0 Å². The van der Waals surface area contributed by atoms with Crippen LogP contribution in [0.4, 0.5) is 4.79 Å². The number of piperidine rings is 1. The Balaban J connectivity index is 0.00000341. The van der Waals surface area contributed by atoms with Gasteiger partial charge in [0.05, 0.1) is 19.1 Å². The molecule has 2 aromatic heterocycles. The van der Waals surface area contributed by atoms with Crippen LogP contribution in [0, 0.1) is 0 Å². The van der Waals surface area contributed by atoms with E-state index < -0.39 is 0 Å². The molecule has 0 spiro atoms. The summed E-state index contributed by atoms with van der Waals surface area (Å²) in [5, 5.41) is 14.7. The highest BCUT2D eigenvalue weighted by Crippen LogP contribution is 2.11. The number of rotatable bonds is 9. The van der Waals surface area contributed by atoms with Crippen LogP contribution in [0.25, 0.3) is 0 Å². The highest BCUT2D eigenvalue weighted by Gasteiger charge is 2.24. The Kier molecular flexibility index (Phi) is 11.2. The van der Waals surface area contributed by atoms with E-state index in [1.807, 2.05) is 25.3 Å². The van der Waals surface area contributed by atoms with E-state index in [1.165, 1.54) is 0 Å². The molecule has 0 bridgehead atoms. The number of likely N-dealkylation sites (tertiary alicyclic amines) is 1. The Morgan fingerprint density at radius 1 is 1.39 bits per heavy atom. The summed E-state index contributed by atoms with van der Waals surface area (Å²) in [6.45, 7) is 5.78. The van der Waals surface area contributed by atoms with E-state index in [2.05, 4.69) is 20.9 Å². The number of carbonyl (C=O) groups is 1. The van der Waals surface area contributed by atoms with Gasteiger partial charge < -0.3 is 24.7 Å². The largest absolute Gasteiger partial charge is 0.469 e. The van der Waals surface area contributed by atoms with Crippen LogP contribution >= 0.6 is 24.0 Å². The van der Waals surface area contributed by atoms with Crippen molar-refractivity contribution >= 4 is 36.0 Å². The van der Waals surface area contributed by atoms with Gasteiger partial charge >= 0.3 is 6.09 Å². The molecule has 0 atom stereocenters. The highest BCUT2D eigenvalue weighted by atomic mass is 127. The monoisotopic (exact) mass is 545 g/mol. The zero-order chi connectivity index (χ0) is 21.0. The Labute approximate surface area is 199 Å². The molecular formula is C20H32IN7O3. The zero-order valence-corrected chi connectivity index (χ0v) is 20.2. The second-order valence-corrected chi connectivity index (χ2v) is 7.11. The van der Waals surface area contributed by atoms with E-state index in [1.54, 1.807) is 22.0 Å². The maximum absolute atomic E-state index is 11.9. The molecule has 11 heteroatoms. The van der Waals surface area contributed by atoms with Crippen molar-refractivity contribution in [2.45, 2.75) is 45.2 Å². The molecule has 172 valence electrons. The van der Waals surface area contributed by atoms with E-state index >= 15 is 0 Å². The number of nitrogens with one attached hydrogen (secondary N) is 2. The summed E-state index contributed by atoms with van der Waals surface area (Å²) in [4.78, 5) is 18.4. The van der Waals surface area contributed by atoms with Crippen LogP contribution in [-0.4, -0.2) is 70.8 Å². The number of hydrogen-bond donors (Lipinski definition) is 2. The van der Waals surface area contributed by atoms with Crippen LogP contribution in [0.1, 0.15) is 31.9 Å². The first-order valence-electron chi connectivity index (χ1n) is 10.6. The lowest BCUT2D eigenvalue weighted by Crippen LogP contribution is -2.50. The van der Waals surface area contributed by atoms with Gasteiger partial charge in [0, 0.05) is 51.4 Å². The first kappa shape index (κ1) is 25.0. The number of nitrogens with zero attached hydrogens (tertiary/aromatic N) is 5. The molecule has 0 radical (unpaired) electrons. The molecule has 0 aliphatic carbocycles. The minimum Gasteiger partial charge on any atom is -0.469 e. The smallest absolute Gasteiger partial charge is 0.409 e. The van der Waals surface area contributed by atoms with Crippen LogP contribution < -0.4 is 10.6 Å². The van der Waals surface area contributed by atoms with Gasteiger partial charge in [-0.1, -0.05) is 5.21 Å². The minimum atomic E-state index is -0.227. The van der Waals surface area contributed by atoms with Gasteiger partial charge in [-0.25, -0.2) is 4.79 Å². The summed E-state index contributed by atoms with van der Waals surface area (Å²) in [6, 6.07) is 4.12. The van der Waals surface area contributed by atoms with Crippen LogP contribution in [0.3, 0.4) is 0 Å². The zero-order valence-electron chi connectivity index (χ0n) is 17.9. The number of aromatic nitrogens is 3. The van der Waals surface area contributed by atoms with Crippen LogP contribution in [0.5, 0.6) is 0 Å². The minimum absolute atomic E-state index is 0. The lowest BCUT2D eigenvalue weighted by Gasteiger charge is -2.32. The van der Waals surface area contributed by atoms with Crippen molar-refractivity contribution in [1.82, 2.24) is 30.5 Å². The summed E-state index contributed by atoms with van der Waals surface area (Å²) < 4.78 is 12.3. The number of carbonyl (C=O) groups excluding carboxylic acids is 1. The van der Waals surface area contributed by atoms with Gasteiger partial charge in [-0.2, -0.15) is 0 Å². The first-order chi connectivity index (χ1) is 14.7. The second-order valence-electron chi connectivity index (χ2n) is 7.11. The summed E-state index contributed by atoms with van der Waals surface area (Å²) in [5.41, 5.74) is 0. The van der Waals surface area contributed by atoms with Gasteiger partial charge in [0.2, 0.25) is 0 Å². The van der Waals surface area contributed by atoms with Crippen molar-refractivity contribution in [3.8, 4) is 0 Å². The summed E-state index contributed by atoms with van der Waals surface area (Å²) in [5.74, 6) is 1.73. The van der Waals surface area contributed by atoms with Crippen molar-refractivity contribution in [1.29, 1.82) is 0 Å².